The summed E-state index contributed by atoms with van der Waals surface area (Å²) in [6, 6.07) is 15.1. The Bertz CT molecular complexity index is 644. The number of halogens is 2. The fourth-order valence-electron chi connectivity index (χ4n) is 1.54. The van der Waals surface area contributed by atoms with Gasteiger partial charge in [0, 0.05) is 19.8 Å². The molecule has 4 nitrogen and oxygen atoms in total. The van der Waals surface area contributed by atoms with Crippen LogP contribution in [-0.2, 0) is 4.79 Å². The largest absolute Gasteiger partial charge is 0.376 e. The minimum Gasteiger partial charge on any atom is -0.376 e. The molecule has 0 aliphatic heterocycles. The molecular formula is C15H13ClIN3O. The number of hydrogen-bond acceptors (Lipinski definition) is 3. The van der Waals surface area contributed by atoms with Crippen molar-refractivity contribution in [2.75, 3.05) is 11.9 Å². The Morgan fingerprint density at radius 3 is 2.62 bits per heavy atom. The van der Waals surface area contributed by atoms with Gasteiger partial charge in [-0.05, 0) is 52.9 Å². The maximum Gasteiger partial charge on any atom is 0.259 e. The van der Waals surface area contributed by atoms with Crippen molar-refractivity contribution < 1.29 is 4.79 Å². The first-order chi connectivity index (χ1) is 10.1. The third-order valence-electron chi connectivity index (χ3n) is 2.60. The average molecular weight is 414 g/mol. The van der Waals surface area contributed by atoms with Crippen LogP contribution in [0.25, 0.3) is 0 Å². The lowest BCUT2D eigenvalue weighted by molar-refractivity contribution is -0.119. The molecule has 1 amide bonds. The maximum atomic E-state index is 11.6. The van der Waals surface area contributed by atoms with Gasteiger partial charge in [-0.3, -0.25) is 4.79 Å². The molecule has 0 saturated carbocycles. The van der Waals surface area contributed by atoms with E-state index < -0.39 is 0 Å². The van der Waals surface area contributed by atoms with Gasteiger partial charge in [-0.25, -0.2) is 5.43 Å². The van der Waals surface area contributed by atoms with Crippen LogP contribution < -0.4 is 10.7 Å². The lowest BCUT2D eigenvalue weighted by Gasteiger charge is -2.05. The summed E-state index contributed by atoms with van der Waals surface area (Å²) in [5, 5.41) is 7.49. The summed E-state index contributed by atoms with van der Waals surface area (Å²) < 4.78 is 1.15. The van der Waals surface area contributed by atoms with E-state index in [1.54, 1.807) is 6.07 Å². The number of amides is 1. The minimum absolute atomic E-state index is 0.153. The molecule has 0 bridgehead atoms. The van der Waals surface area contributed by atoms with Crippen molar-refractivity contribution in [1.29, 1.82) is 0 Å². The second kappa shape index (κ2) is 7.99. The number of nitrogens with one attached hydrogen (secondary N) is 2. The van der Waals surface area contributed by atoms with E-state index in [-0.39, 0.29) is 12.5 Å². The molecule has 0 spiro atoms. The van der Waals surface area contributed by atoms with Gasteiger partial charge in [-0.1, -0.05) is 29.8 Å². The summed E-state index contributed by atoms with van der Waals surface area (Å²) in [5.41, 5.74) is 4.09. The quantitative estimate of drug-likeness (QED) is 0.448. The average Bonchev–Trinajstić information content (AvgIpc) is 2.49. The number of carbonyl (C=O) groups excluding carboxylic acids is 1. The first-order valence-corrected chi connectivity index (χ1v) is 7.67. The lowest BCUT2D eigenvalue weighted by Crippen LogP contribution is -2.25. The van der Waals surface area contributed by atoms with Crippen LogP contribution in [-0.4, -0.2) is 18.7 Å². The highest BCUT2D eigenvalue weighted by Crippen LogP contribution is 2.12. The maximum absolute atomic E-state index is 11.6. The van der Waals surface area contributed by atoms with Gasteiger partial charge in [0.1, 0.15) is 0 Å². The summed E-state index contributed by atoms with van der Waals surface area (Å²) in [4.78, 5) is 11.6. The van der Waals surface area contributed by atoms with Crippen LogP contribution >= 0.6 is 34.2 Å². The Kier molecular flexibility index (Phi) is 6.01. The number of anilines is 1. The number of nitrogens with zero attached hydrogens (tertiary/aromatic N) is 1. The van der Waals surface area contributed by atoms with E-state index >= 15 is 0 Å². The van der Waals surface area contributed by atoms with Crippen molar-refractivity contribution in [3.05, 3.63) is 62.7 Å². The third kappa shape index (κ3) is 5.35. The molecule has 0 atom stereocenters. The zero-order valence-electron chi connectivity index (χ0n) is 11.0. The molecule has 6 heteroatoms. The molecule has 21 heavy (non-hydrogen) atoms. The van der Waals surface area contributed by atoms with E-state index in [9.17, 15) is 4.79 Å². The van der Waals surface area contributed by atoms with Gasteiger partial charge >= 0.3 is 0 Å². The Hall–Kier alpha value is -1.60. The van der Waals surface area contributed by atoms with Crippen LogP contribution in [0.5, 0.6) is 0 Å². The van der Waals surface area contributed by atoms with Gasteiger partial charge < -0.3 is 5.32 Å². The second-order valence-electron chi connectivity index (χ2n) is 4.18. The molecule has 0 aliphatic carbocycles. The summed E-state index contributed by atoms with van der Waals surface area (Å²) in [5.74, 6) is -0.225. The molecule has 0 fully saturated rings. The van der Waals surface area contributed by atoms with Crippen LogP contribution in [0.4, 0.5) is 5.69 Å². The fourth-order valence-corrected chi connectivity index (χ4v) is 2.09. The van der Waals surface area contributed by atoms with Gasteiger partial charge in [0.25, 0.3) is 5.91 Å². The van der Waals surface area contributed by atoms with Crippen LogP contribution in [0, 0.1) is 3.57 Å². The molecule has 0 aliphatic rings. The molecule has 0 saturated heterocycles. The number of hydrazone groups is 1. The Labute approximate surface area is 141 Å². The van der Waals surface area contributed by atoms with Gasteiger partial charge in [-0.2, -0.15) is 5.10 Å². The van der Waals surface area contributed by atoms with Crippen molar-refractivity contribution in [3.8, 4) is 0 Å². The van der Waals surface area contributed by atoms with Crippen molar-refractivity contribution >= 4 is 52.0 Å². The molecule has 0 unspecified atom stereocenters. The Morgan fingerprint density at radius 2 is 1.90 bits per heavy atom. The standard InChI is InChI=1S/C15H13ClIN3O/c16-14-4-2-1-3-11(14)9-19-20-15(21)10-18-13-7-5-12(17)6-8-13/h1-9,18H,10H2,(H,20,21). The van der Waals surface area contributed by atoms with Gasteiger partial charge in [0.15, 0.2) is 0 Å². The first-order valence-electron chi connectivity index (χ1n) is 6.21. The highest BCUT2D eigenvalue weighted by Gasteiger charge is 2.00. The second-order valence-corrected chi connectivity index (χ2v) is 5.83. The summed E-state index contributed by atoms with van der Waals surface area (Å²) >= 11 is 8.20. The lowest BCUT2D eigenvalue weighted by atomic mass is 10.2. The van der Waals surface area contributed by atoms with Crippen molar-refractivity contribution in [3.63, 3.8) is 0 Å². The highest BCUT2D eigenvalue weighted by molar-refractivity contribution is 14.1. The molecule has 2 aromatic carbocycles. The van der Waals surface area contributed by atoms with E-state index in [1.165, 1.54) is 6.21 Å². The van der Waals surface area contributed by atoms with Gasteiger partial charge in [-0.15, -0.1) is 0 Å². The molecule has 2 N–H and O–H groups in total. The first kappa shape index (κ1) is 15.8. The van der Waals surface area contributed by atoms with Crippen LogP contribution in [0.15, 0.2) is 53.6 Å². The van der Waals surface area contributed by atoms with Gasteiger partial charge in [0.2, 0.25) is 0 Å². The van der Waals surface area contributed by atoms with Crippen LogP contribution in [0.1, 0.15) is 5.56 Å². The molecule has 0 aromatic heterocycles. The molecular weight excluding hydrogens is 401 g/mol. The zero-order chi connectivity index (χ0) is 15.1. The summed E-state index contributed by atoms with van der Waals surface area (Å²) in [7, 11) is 0. The van der Waals surface area contributed by atoms with Crippen molar-refractivity contribution in [1.82, 2.24) is 5.43 Å². The number of carbonyl (C=O) groups is 1. The summed E-state index contributed by atoms with van der Waals surface area (Å²) in [6.07, 6.45) is 1.52. The SMILES string of the molecule is O=C(CNc1ccc(I)cc1)NN=Cc1ccccc1Cl. The van der Waals surface area contributed by atoms with E-state index in [0.29, 0.717) is 5.02 Å². The smallest absolute Gasteiger partial charge is 0.259 e. The molecule has 0 heterocycles. The van der Waals surface area contributed by atoms with E-state index in [2.05, 4.69) is 38.4 Å². The Morgan fingerprint density at radius 1 is 1.19 bits per heavy atom. The molecule has 108 valence electrons. The molecule has 2 rings (SSSR count). The minimum atomic E-state index is -0.225. The summed E-state index contributed by atoms with van der Waals surface area (Å²) in [6.45, 7) is 0.153. The predicted molar refractivity (Wildman–Crippen MR) is 94.8 cm³/mol. The topological polar surface area (TPSA) is 53.5 Å². The van der Waals surface area contributed by atoms with E-state index in [1.807, 2.05) is 42.5 Å². The van der Waals surface area contributed by atoms with Gasteiger partial charge in [0.05, 0.1) is 12.8 Å². The monoisotopic (exact) mass is 413 g/mol. The van der Waals surface area contributed by atoms with Crippen molar-refractivity contribution in [2.24, 2.45) is 5.10 Å². The normalized spacial score (nSPS) is 10.6. The predicted octanol–water partition coefficient (Wildman–Crippen LogP) is 3.51. The molecule has 0 radical (unpaired) electrons. The number of rotatable bonds is 5. The fraction of sp³-hybridized carbons (Fsp3) is 0.0667. The van der Waals surface area contributed by atoms with E-state index in [4.69, 9.17) is 11.6 Å². The Balaban J connectivity index is 1.80. The highest BCUT2D eigenvalue weighted by atomic mass is 127. The zero-order valence-corrected chi connectivity index (χ0v) is 13.9. The van der Waals surface area contributed by atoms with Crippen LogP contribution in [0.3, 0.4) is 0 Å². The number of benzene rings is 2. The van der Waals surface area contributed by atoms with E-state index in [0.717, 1.165) is 14.8 Å². The third-order valence-corrected chi connectivity index (χ3v) is 3.66. The van der Waals surface area contributed by atoms with Crippen LogP contribution in [0.2, 0.25) is 5.02 Å². The van der Waals surface area contributed by atoms with Crippen molar-refractivity contribution in [2.45, 2.75) is 0 Å². The number of hydrogen-bond donors (Lipinski definition) is 2. The molecule has 2 aromatic rings.